The topological polar surface area (TPSA) is 27.7 Å². The highest BCUT2D eigenvalue weighted by Crippen LogP contribution is 2.70. The number of hydrogen-bond acceptors (Lipinski definition) is 3. The lowest BCUT2D eigenvalue weighted by molar-refractivity contribution is 0.413. The molecule has 0 aliphatic heterocycles. The summed E-state index contributed by atoms with van der Waals surface area (Å²) >= 11 is 11.5. The number of rotatable bonds is 15. The molecular formula is C72H57Br3O3. The van der Waals surface area contributed by atoms with Crippen molar-refractivity contribution in [2.24, 2.45) is 0 Å². The van der Waals surface area contributed by atoms with Crippen LogP contribution in [-0.2, 0) is 54.8 Å². The summed E-state index contributed by atoms with van der Waals surface area (Å²) < 4.78 is 21.3. The predicted octanol–water partition coefficient (Wildman–Crippen LogP) is 18.3. The molecule has 0 amide bonds. The normalized spacial score (nSPS) is 18.1. The molecule has 0 saturated heterocycles. The van der Waals surface area contributed by atoms with Gasteiger partial charge in [-0.15, -0.1) is 0 Å². The average Bonchev–Trinajstić information content (AvgIpc) is 4.14. The Bertz CT molecular complexity index is 3500. The van der Waals surface area contributed by atoms with Gasteiger partial charge in [0.15, 0.2) is 0 Å². The maximum absolute atomic E-state index is 6.04. The van der Waals surface area contributed by atoms with E-state index >= 15 is 0 Å². The fourth-order valence-corrected chi connectivity index (χ4v) is 15.1. The Hall–Kier alpha value is -6.96. The highest BCUT2D eigenvalue weighted by atomic mass is 79.9. The van der Waals surface area contributed by atoms with Gasteiger partial charge in [0.2, 0.25) is 0 Å². The van der Waals surface area contributed by atoms with Gasteiger partial charge in [-0.3, -0.25) is 0 Å². The first-order valence-corrected chi connectivity index (χ1v) is 29.2. The van der Waals surface area contributed by atoms with Crippen molar-refractivity contribution in [1.29, 1.82) is 0 Å². The van der Waals surface area contributed by atoms with E-state index in [-0.39, 0.29) is 0 Å². The van der Waals surface area contributed by atoms with E-state index < -0.39 is 16.2 Å². The molecule has 10 aromatic rings. The quantitative estimate of drug-likeness (QED) is 0.102. The lowest BCUT2D eigenvalue weighted by Gasteiger charge is -2.40. The Morgan fingerprint density at radius 3 is 0.808 bits per heavy atom. The SMILES string of the molecule is COc1cccc(C[C@]2(Cc3ccc(Br)cc3)c3ccccc3-c3c2c2c(c4c3[C@](Cc3ccc(Br)cc3)(Cc3cccc(OC)c3)c3ccccc3-4)[C@](Cc3ccc(Br)cc3)(Cc3cccc(OC)c3)c3ccccc3-2)c1. The smallest absolute Gasteiger partial charge is 0.119 e. The Morgan fingerprint density at radius 1 is 0.282 bits per heavy atom. The van der Waals surface area contributed by atoms with Gasteiger partial charge in [0.25, 0.3) is 0 Å². The first-order valence-electron chi connectivity index (χ1n) is 26.8. The summed E-state index contributed by atoms with van der Waals surface area (Å²) in [4.78, 5) is 0. The molecule has 78 heavy (non-hydrogen) atoms. The third-order valence-corrected chi connectivity index (χ3v) is 18.8. The minimum Gasteiger partial charge on any atom is -0.497 e. The standard InChI is InChI=1S/C72H57Br3O3/c1-76-55-16-10-13-49(37-55)43-70(40-46-25-31-52(73)32-26-46)61-22-7-4-19-58(61)64-67(70)65-59-20-5-8-23-62(59)71(41-47-27-33-53(74)34-28-47,44-50-14-11-17-56(38-50)77-2)69(65)66-60-21-6-9-24-63(60)72(68(64)66,42-48-29-35-54(75)36-30-48)45-51-15-12-18-57(39-51)78-3/h4-39H,40-45H2,1-3H3/t70-,71-,72-/m1/s1. The monoisotopic (exact) mass is 1210 g/mol. The van der Waals surface area contributed by atoms with E-state index in [1.807, 2.05) is 0 Å². The number of hydrogen-bond donors (Lipinski definition) is 0. The van der Waals surface area contributed by atoms with Crippen LogP contribution in [0.1, 0.15) is 66.8 Å². The van der Waals surface area contributed by atoms with Gasteiger partial charge in [0, 0.05) is 29.7 Å². The van der Waals surface area contributed by atoms with Crippen LogP contribution in [-0.4, -0.2) is 21.3 Å². The molecule has 3 nitrogen and oxygen atoms in total. The highest BCUT2D eigenvalue weighted by molar-refractivity contribution is 9.11. The van der Waals surface area contributed by atoms with E-state index in [2.05, 4.69) is 266 Å². The average molecular weight is 1210 g/mol. The molecule has 3 atom stereocenters. The van der Waals surface area contributed by atoms with Gasteiger partial charge >= 0.3 is 0 Å². The molecule has 0 radical (unpaired) electrons. The molecular weight excluding hydrogens is 1150 g/mol. The van der Waals surface area contributed by atoms with Gasteiger partial charge in [-0.25, -0.2) is 0 Å². The minimum absolute atomic E-state index is 0.559. The van der Waals surface area contributed by atoms with Crippen LogP contribution in [0.3, 0.4) is 0 Å². The lowest BCUT2D eigenvalue weighted by Crippen LogP contribution is -2.36. The zero-order valence-corrected chi connectivity index (χ0v) is 48.6. The number of fused-ring (bicyclic) bond motifs is 12. The summed E-state index contributed by atoms with van der Waals surface area (Å²) in [7, 11) is 5.34. The highest BCUT2D eigenvalue weighted by Gasteiger charge is 2.58. The molecule has 0 saturated carbocycles. The maximum Gasteiger partial charge on any atom is 0.119 e. The van der Waals surface area contributed by atoms with Crippen LogP contribution in [0.4, 0.5) is 0 Å². The van der Waals surface area contributed by atoms with E-state index in [1.165, 1.54) is 100 Å². The summed E-state index contributed by atoms with van der Waals surface area (Å²) in [5.41, 5.74) is 22.2. The molecule has 0 unspecified atom stereocenters. The summed E-state index contributed by atoms with van der Waals surface area (Å²) in [6.45, 7) is 0. The van der Waals surface area contributed by atoms with E-state index in [4.69, 9.17) is 14.2 Å². The number of ether oxygens (including phenoxy) is 3. The summed E-state index contributed by atoms with van der Waals surface area (Å²) in [5.74, 6) is 2.57. The van der Waals surface area contributed by atoms with Crippen molar-refractivity contribution < 1.29 is 14.2 Å². The van der Waals surface area contributed by atoms with Crippen LogP contribution in [0.25, 0.3) is 33.4 Å². The summed E-state index contributed by atoms with van der Waals surface area (Å²) in [5, 5.41) is 0. The van der Waals surface area contributed by atoms with Gasteiger partial charge in [0.05, 0.1) is 21.3 Å². The van der Waals surface area contributed by atoms with Gasteiger partial charge < -0.3 is 14.2 Å². The lowest BCUT2D eigenvalue weighted by atomic mass is 9.62. The molecule has 0 spiro atoms. The Balaban J connectivity index is 1.26. The van der Waals surface area contributed by atoms with Crippen molar-refractivity contribution >= 4 is 47.8 Å². The first kappa shape index (κ1) is 50.5. The zero-order chi connectivity index (χ0) is 53.2. The molecule has 384 valence electrons. The van der Waals surface area contributed by atoms with Crippen molar-refractivity contribution in [3.8, 4) is 50.6 Å². The molecule has 13 rings (SSSR count). The molecule has 0 bridgehead atoms. The Labute approximate surface area is 483 Å². The van der Waals surface area contributed by atoms with Crippen LogP contribution in [0.2, 0.25) is 0 Å². The second-order valence-electron chi connectivity index (χ2n) is 21.6. The molecule has 0 heterocycles. The first-order chi connectivity index (χ1) is 38.1. The van der Waals surface area contributed by atoms with Crippen molar-refractivity contribution in [1.82, 2.24) is 0 Å². The third-order valence-electron chi connectivity index (χ3n) is 17.2. The van der Waals surface area contributed by atoms with Gasteiger partial charge in [-0.05, 0) is 211 Å². The van der Waals surface area contributed by atoms with Crippen molar-refractivity contribution in [2.45, 2.75) is 54.8 Å². The van der Waals surface area contributed by atoms with Crippen molar-refractivity contribution in [3.63, 3.8) is 0 Å². The number of benzene rings is 10. The van der Waals surface area contributed by atoms with Crippen LogP contribution in [0, 0.1) is 0 Å². The largest absolute Gasteiger partial charge is 0.497 e. The van der Waals surface area contributed by atoms with Crippen LogP contribution >= 0.6 is 47.8 Å². The maximum atomic E-state index is 6.04. The van der Waals surface area contributed by atoms with Crippen molar-refractivity contribution in [3.05, 3.63) is 299 Å². The predicted molar refractivity (Wildman–Crippen MR) is 329 cm³/mol. The van der Waals surface area contributed by atoms with E-state index in [9.17, 15) is 0 Å². The second kappa shape index (κ2) is 20.4. The molecule has 0 fully saturated rings. The van der Waals surface area contributed by atoms with Crippen LogP contribution in [0.15, 0.2) is 232 Å². The molecule has 0 aromatic heterocycles. The van der Waals surface area contributed by atoms with E-state index in [1.54, 1.807) is 21.3 Å². The van der Waals surface area contributed by atoms with Gasteiger partial charge in [0.1, 0.15) is 17.2 Å². The Morgan fingerprint density at radius 2 is 0.538 bits per heavy atom. The third kappa shape index (κ3) is 8.49. The summed E-state index contributed by atoms with van der Waals surface area (Å²) in [6.07, 6.45) is 4.55. The van der Waals surface area contributed by atoms with Gasteiger partial charge in [-0.1, -0.05) is 193 Å². The second-order valence-corrected chi connectivity index (χ2v) is 24.4. The molecule has 0 N–H and O–H groups in total. The number of halogens is 3. The Kier molecular flexibility index (Phi) is 13.2. The minimum atomic E-state index is -0.559. The molecule has 6 heteroatoms. The summed E-state index contributed by atoms with van der Waals surface area (Å²) in [6, 6.07) is 82.1. The molecule has 10 aromatic carbocycles. The van der Waals surface area contributed by atoms with Crippen LogP contribution < -0.4 is 14.2 Å². The molecule has 3 aliphatic carbocycles. The van der Waals surface area contributed by atoms with Gasteiger partial charge in [-0.2, -0.15) is 0 Å². The molecule has 3 aliphatic rings. The van der Waals surface area contributed by atoms with E-state index in [0.29, 0.717) is 0 Å². The fourth-order valence-electron chi connectivity index (χ4n) is 14.3. The van der Waals surface area contributed by atoms with Crippen LogP contribution in [0.5, 0.6) is 17.2 Å². The van der Waals surface area contributed by atoms with E-state index in [0.717, 1.165) is 69.2 Å². The van der Waals surface area contributed by atoms with Crippen molar-refractivity contribution in [2.75, 3.05) is 21.3 Å². The number of methoxy groups -OCH3 is 3. The fraction of sp³-hybridized carbons (Fsp3) is 0.167. The zero-order valence-electron chi connectivity index (χ0n) is 43.9.